The lowest BCUT2D eigenvalue weighted by atomic mass is 9.94. The van der Waals surface area contributed by atoms with Crippen molar-refractivity contribution in [3.05, 3.63) is 59.7 Å². The van der Waals surface area contributed by atoms with Gasteiger partial charge < -0.3 is 10.1 Å². The molecule has 0 aliphatic carbocycles. The average Bonchev–Trinajstić information content (AvgIpc) is 2.78. The maximum Gasteiger partial charge on any atom is 0.243 e. The first kappa shape index (κ1) is 24.3. The van der Waals surface area contributed by atoms with Crippen LogP contribution in [-0.4, -0.2) is 38.8 Å². The number of hydrogen-bond donors (Lipinski definition) is 1. The summed E-state index contributed by atoms with van der Waals surface area (Å²) in [5.74, 6) is 0.715. The van der Waals surface area contributed by atoms with Crippen LogP contribution in [0.4, 0.5) is 0 Å². The van der Waals surface area contributed by atoms with Gasteiger partial charge in [0.1, 0.15) is 5.75 Å². The quantitative estimate of drug-likeness (QED) is 0.640. The highest BCUT2D eigenvalue weighted by Gasteiger charge is 2.34. The van der Waals surface area contributed by atoms with E-state index in [4.69, 9.17) is 4.74 Å². The number of ether oxygens (including phenoxy) is 1. The second-order valence-corrected chi connectivity index (χ2v) is 10.9. The summed E-state index contributed by atoms with van der Waals surface area (Å²) in [5, 5.41) is 3.19. The van der Waals surface area contributed by atoms with Crippen LogP contribution in [0.3, 0.4) is 0 Å². The Morgan fingerprint density at radius 3 is 2.38 bits per heavy atom. The van der Waals surface area contributed by atoms with Gasteiger partial charge in [-0.3, -0.25) is 4.79 Å². The average molecular weight is 459 g/mol. The molecule has 174 valence electrons. The van der Waals surface area contributed by atoms with Crippen molar-refractivity contribution in [2.24, 2.45) is 11.8 Å². The summed E-state index contributed by atoms with van der Waals surface area (Å²) < 4.78 is 32.9. The molecule has 2 atom stereocenters. The van der Waals surface area contributed by atoms with Gasteiger partial charge in [-0.15, -0.1) is 0 Å². The smallest absolute Gasteiger partial charge is 0.243 e. The number of nitrogens with one attached hydrogen (secondary N) is 1. The van der Waals surface area contributed by atoms with Crippen LogP contribution in [0.15, 0.2) is 53.4 Å². The number of methoxy groups -OCH3 is 1. The molecule has 1 saturated heterocycles. The van der Waals surface area contributed by atoms with Crippen molar-refractivity contribution in [2.75, 3.05) is 20.2 Å². The van der Waals surface area contributed by atoms with Gasteiger partial charge in [-0.2, -0.15) is 4.31 Å². The predicted octanol–water partition coefficient (Wildman–Crippen LogP) is 4.31. The fourth-order valence-electron chi connectivity index (χ4n) is 4.11. The lowest BCUT2D eigenvalue weighted by molar-refractivity contribution is -0.127. The minimum absolute atomic E-state index is 0.0877. The Balaban J connectivity index is 1.72. The minimum atomic E-state index is -3.61. The van der Waals surface area contributed by atoms with Crippen LogP contribution in [0, 0.1) is 18.8 Å². The summed E-state index contributed by atoms with van der Waals surface area (Å²) in [6, 6.07) is 14.5. The molecule has 32 heavy (non-hydrogen) atoms. The topological polar surface area (TPSA) is 75.7 Å². The van der Waals surface area contributed by atoms with Gasteiger partial charge in [0.15, 0.2) is 0 Å². The lowest BCUT2D eigenvalue weighted by Crippen LogP contribution is -2.46. The second kappa shape index (κ2) is 10.5. The van der Waals surface area contributed by atoms with Gasteiger partial charge in [0.2, 0.25) is 15.9 Å². The third-order valence-electron chi connectivity index (χ3n) is 5.96. The fraction of sp³-hybridized carbons (Fsp3) is 0.480. The van der Waals surface area contributed by atoms with Crippen molar-refractivity contribution < 1.29 is 17.9 Å². The van der Waals surface area contributed by atoms with Crippen molar-refractivity contribution in [2.45, 2.75) is 51.0 Å². The molecule has 0 bridgehead atoms. The molecule has 2 unspecified atom stereocenters. The molecule has 1 fully saturated rings. The number of benzene rings is 2. The van der Waals surface area contributed by atoms with Gasteiger partial charge in [-0.05, 0) is 61.9 Å². The van der Waals surface area contributed by atoms with Crippen LogP contribution in [-0.2, 0) is 14.8 Å². The number of aryl methyl sites for hydroxylation is 1. The number of hydrogen-bond acceptors (Lipinski definition) is 4. The monoisotopic (exact) mass is 458 g/mol. The molecule has 0 saturated carbocycles. The lowest BCUT2D eigenvalue weighted by Gasteiger charge is -2.32. The Morgan fingerprint density at radius 1 is 1.12 bits per heavy atom. The molecule has 6 nitrogen and oxygen atoms in total. The van der Waals surface area contributed by atoms with Crippen LogP contribution in [0.2, 0.25) is 0 Å². The summed E-state index contributed by atoms with van der Waals surface area (Å²) in [7, 11) is -1.99. The van der Waals surface area contributed by atoms with Crippen molar-refractivity contribution in [1.82, 2.24) is 9.62 Å². The SMILES string of the molecule is COc1ccc(C(CC(C)C)NC(=O)C2CCCN(S(=O)(=O)c3ccc(C)cc3)C2)cc1. The van der Waals surface area contributed by atoms with E-state index < -0.39 is 10.0 Å². The van der Waals surface area contributed by atoms with Gasteiger partial charge in [0.05, 0.1) is 24.0 Å². The van der Waals surface area contributed by atoms with Gasteiger partial charge in [-0.1, -0.05) is 43.7 Å². The molecule has 0 aromatic heterocycles. The van der Waals surface area contributed by atoms with E-state index in [2.05, 4.69) is 19.2 Å². The number of rotatable bonds is 8. The largest absolute Gasteiger partial charge is 0.497 e. The summed E-state index contributed by atoms with van der Waals surface area (Å²) in [6.45, 7) is 6.82. The normalized spacial score (nSPS) is 18.3. The van der Waals surface area contributed by atoms with E-state index in [0.717, 1.165) is 23.3 Å². The predicted molar refractivity (Wildman–Crippen MR) is 126 cm³/mol. The van der Waals surface area contributed by atoms with Gasteiger partial charge >= 0.3 is 0 Å². The molecule has 0 spiro atoms. The van der Waals surface area contributed by atoms with Gasteiger partial charge in [0.25, 0.3) is 0 Å². The Kier molecular flexibility index (Phi) is 7.96. The number of piperidine rings is 1. The zero-order chi connectivity index (χ0) is 23.3. The Labute approximate surface area is 192 Å². The molecule has 0 radical (unpaired) electrons. The molecule has 3 rings (SSSR count). The maximum atomic E-state index is 13.2. The van der Waals surface area contributed by atoms with Gasteiger partial charge in [0, 0.05) is 13.1 Å². The van der Waals surface area contributed by atoms with Crippen molar-refractivity contribution in [3.8, 4) is 5.75 Å². The van der Waals surface area contributed by atoms with Crippen molar-refractivity contribution in [1.29, 1.82) is 0 Å². The molecular formula is C25H34N2O4S. The van der Waals surface area contributed by atoms with E-state index in [-0.39, 0.29) is 29.3 Å². The molecule has 7 heteroatoms. The Hall–Kier alpha value is -2.38. The van der Waals surface area contributed by atoms with Crippen LogP contribution in [0.25, 0.3) is 0 Å². The van der Waals surface area contributed by atoms with Crippen molar-refractivity contribution >= 4 is 15.9 Å². The molecule has 1 aliphatic rings. The number of amides is 1. The third kappa shape index (κ3) is 5.90. The van der Waals surface area contributed by atoms with Gasteiger partial charge in [-0.25, -0.2) is 8.42 Å². The highest BCUT2D eigenvalue weighted by molar-refractivity contribution is 7.89. The van der Waals surface area contributed by atoms with Crippen LogP contribution in [0.5, 0.6) is 5.75 Å². The first-order valence-corrected chi connectivity index (χ1v) is 12.7. The zero-order valence-electron chi connectivity index (χ0n) is 19.4. The maximum absolute atomic E-state index is 13.2. The van der Waals surface area contributed by atoms with Crippen LogP contribution in [0.1, 0.15) is 50.3 Å². The zero-order valence-corrected chi connectivity index (χ0v) is 20.2. The molecule has 1 heterocycles. The highest BCUT2D eigenvalue weighted by atomic mass is 32.2. The van der Waals surface area contributed by atoms with E-state index in [9.17, 15) is 13.2 Å². The van der Waals surface area contributed by atoms with E-state index in [1.807, 2.05) is 31.2 Å². The molecule has 2 aromatic carbocycles. The Morgan fingerprint density at radius 2 is 1.78 bits per heavy atom. The van der Waals surface area contributed by atoms with E-state index in [1.54, 1.807) is 31.4 Å². The third-order valence-corrected chi connectivity index (χ3v) is 7.83. The summed E-state index contributed by atoms with van der Waals surface area (Å²) in [4.78, 5) is 13.5. The molecular weight excluding hydrogens is 424 g/mol. The second-order valence-electron chi connectivity index (χ2n) is 8.98. The standard InChI is InChI=1S/C25H34N2O4S/c1-18(2)16-24(20-9-11-22(31-4)12-10-20)26-25(28)21-6-5-15-27(17-21)32(29,30)23-13-7-19(3)8-14-23/h7-14,18,21,24H,5-6,15-17H2,1-4H3,(H,26,28). The fourth-order valence-corrected chi connectivity index (χ4v) is 5.63. The highest BCUT2D eigenvalue weighted by Crippen LogP contribution is 2.27. The minimum Gasteiger partial charge on any atom is -0.497 e. The van der Waals surface area contributed by atoms with Crippen LogP contribution >= 0.6 is 0 Å². The molecule has 2 aromatic rings. The first-order valence-electron chi connectivity index (χ1n) is 11.2. The molecule has 1 amide bonds. The number of carbonyl (C=O) groups is 1. The molecule has 1 N–H and O–H groups in total. The molecule has 1 aliphatic heterocycles. The summed E-state index contributed by atoms with van der Waals surface area (Å²) in [6.07, 6.45) is 2.15. The summed E-state index contributed by atoms with van der Waals surface area (Å²) >= 11 is 0. The number of sulfonamides is 1. The van der Waals surface area contributed by atoms with E-state index in [0.29, 0.717) is 25.3 Å². The summed E-state index contributed by atoms with van der Waals surface area (Å²) in [5.41, 5.74) is 2.03. The van der Waals surface area contributed by atoms with E-state index >= 15 is 0 Å². The van der Waals surface area contributed by atoms with Crippen molar-refractivity contribution in [3.63, 3.8) is 0 Å². The van der Waals surface area contributed by atoms with E-state index in [1.165, 1.54) is 4.31 Å². The van der Waals surface area contributed by atoms with Crippen LogP contribution < -0.4 is 10.1 Å². The number of carbonyl (C=O) groups excluding carboxylic acids is 1. The first-order chi connectivity index (χ1) is 15.2. The number of nitrogens with zero attached hydrogens (tertiary/aromatic N) is 1. The Bertz CT molecular complexity index is 1000.